The van der Waals surface area contributed by atoms with Crippen LogP contribution in [-0.2, 0) is 0 Å². The van der Waals surface area contributed by atoms with E-state index in [0.717, 1.165) is 57.4 Å². The molecule has 0 bridgehead atoms. The van der Waals surface area contributed by atoms with Crippen molar-refractivity contribution < 1.29 is 9.53 Å². The van der Waals surface area contributed by atoms with Crippen molar-refractivity contribution in [2.45, 2.75) is 65.9 Å². The van der Waals surface area contributed by atoms with Gasteiger partial charge in [-0.2, -0.15) is 5.26 Å². The largest absolute Gasteiger partial charge is 0.489 e. The van der Waals surface area contributed by atoms with Crippen LogP contribution in [0, 0.1) is 25.2 Å². The predicted molar refractivity (Wildman–Crippen MR) is 144 cm³/mol. The van der Waals surface area contributed by atoms with Crippen molar-refractivity contribution in [1.82, 2.24) is 0 Å². The van der Waals surface area contributed by atoms with Crippen molar-refractivity contribution in [3.63, 3.8) is 0 Å². The molecule has 4 rings (SSSR count). The van der Waals surface area contributed by atoms with Crippen LogP contribution in [0.5, 0.6) is 5.75 Å². The van der Waals surface area contributed by atoms with Crippen LogP contribution in [0.3, 0.4) is 0 Å². The van der Waals surface area contributed by atoms with Crippen molar-refractivity contribution in [2.24, 2.45) is 0 Å². The molecule has 0 unspecified atom stereocenters. The van der Waals surface area contributed by atoms with Crippen molar-refractivity contribution in [3.05, 3.63) is 88.0 Å². The van der Waals surface area contributed by atoms with Crippen LogP contribution in [0.25, 0.3) is 22.8 Å². The van der Waals surface area contributed by atoms with Gasteiger partial charge < -0.3 is 4.74 Å². The van der Waals surface area contributed by atoms with Gasteiger partial charge in [-0.15, -0.1) is 0 Å². The topological polar surface area (TPSA) is 50.1 Å². The van der Waals surface area contributed by atoms with Crippen LogP contribution < -0.4 is 4.74 Å². The third-order valence-electron chi connectivity index (χ3n) is 7.06. The molecule has 0 amide bonds. The number of aryl methyl sites for hydroxylation is 1. The third-order valence-corrected chi connectivity index (χ3v) is 7.06. The Morgan fingerprint density at radius 2 is 1.77 bits per heavy atom. The molecule has 0 spiro atoms. The minimum atomic E-state index is 0.0803. The molecule has 1 saturated carbocycles. The number of benzene rings is 3. The van der Waals surface area contributed by atoms with Crippen LogP contribution in [0.1, 0.15) is 84.1 Å². The molecule has 0 aromatic heterocycles. The summed E-state index contributed by atoms with van der Waals surface area (Å²) in [5, 5.41) is 9.81. The number of ether oxygens (including phenoxy) is 1. The van der Waals surface area contributed by atoms with E-state index in [2.05, 4.69) is 50.3 Å². The van der Waals surface area contributed by atoms with Crippen LogP contribution in [0.2, 0.25) is 0 Å². The zero-order valence-electron chi connectivity index (χ0n) is 21.2. The summed E-state index contributed by atoms with van der Waals surface area (Å²) < 4.78 is 6.21. The third kappa shape index (κ3) is 5.54. The number of Topliss-reactive ketones (excluding diaryl/α,β-unsaturated/α-hetero) is 1. The quantitative estimate of drug-likeness (QED) is 0.273. The molecule has 3 aromatic rings. The smallest absolute Gasteiger partial charge is 0.159 e. The molecule has 1 fully saturated rings. The molecule has 0 atom stereocenters. The summed E-state index contributed by atoms with van der Waals surface area (Å²) >= 11 is 0. The Bertz CT molecular complexity index is 1320. The average Bonchev–Trinajstić information content (AvgIpc) is 2.86. The van der Waals surface area contributed by atoms with E-state index in [4.69, 9.17) is 4.74 Å². The van der Waals surface area contributed by atoms with Crippen molar-refractivity contribution >= 4 is 17.4 Å². The Hall–Kier alpha value is -3.64. The lowest BCUT2D eigenvalue weighted by atomic mass is 9.92. The molecule has 0 N–H and O–H groups in total. The standard InChI is InChI=1S/C32H33NO2/c1-21(30-15-13-26(24(4)34)18-22(30)2)17-25-9-8-12-31(23(25)3)27-14-16-32(28(19-27)20-33)35-29-10-6-5-7-11-29/h8-9,12-19,29H,5-7,10-11H2,1-4H3/b21-17+. The first kappa shape index (κ1) is 24.5. The number of nitriles is 1. The summed E-state index contributed by atoms with van der Waals surface area (Å²) in [6.45, 7) is 7.87. The molecule has 0 radical (unpaired) electrons. The van der Waals surface area contributed by atoms with Crippen LogP contribution in [-0.4, -0.2) is 11.9 Å². The van der Waals surface area contributed by atoms with Gasteiger partial charge in [0.25, 0.3) is 0 Å². The molecule has 3 nitrogen and oxygen atoms in total. The van der Waals surface area contributed by atoms with Crippen LogP contribution >= 0.6 is 0 Å². The molecule has 3 heteroatoms. The van der Waals surface area contributed by atoms with Gasteiger partial charge in [0.15, 0.2) is 5.78 Å². The maximum absolute atomic E-state index is 11.7. The Morgan fingerprint density at radius 3 is 2.46 bits per heavy atom. The van der Waals surface area contributed by atoms with Crippen molar-refractivity contribution in [1.29, 1.82) is 5.26 Å². The number of carbonyl (C=O) groups is 1. The van der Waals surface area contributed by atoms with E-state index in [0.29, 0.717) is 11.3 Å². The fourth-order valence-corrected chi connectivity index (χ4v) is 5.01. The second-order valence-electron chi connectivity index (χ2n) is 9.63. The fraction of sp³-hybridized carbons (Fsp3) is 0.312. The van der Waals surface area contributed by atoms with E-state index in [1.165, 1.54) is 19.3 Å². The average molecular weight is 464 g/mol. The van der Waals surface area contributed by atoms with Crippen molar-refractivity contribution in [3.8, 4) is 22.9 Å². The first-order chi connectivity index (χ1) is 16.9. The van der Waals surface area contributed by atoms with E-state index in [1.807, 2.05) is 37.3 Å². The fourth-order valence-electron chi connectivity index (χ4n) is 5.01. The molecule has 35 heavy (non-hydrogen) atoms. The Balaban J connectivity index is 1.64. The zero-order chi connectivity index (χ0) is 24.9. The highest BCUT2D eigenvalue weighted by Crippen LogP contribution is 2.33. The monoisotopic (exact) mass is 463 g/mol. The number of allylic oxidation sites excluding steroid dienone is 1. The summed E-state index contributed by atoms with van der Waals surface area (Å²) in [6.07, 6.45) is 8.21. The molecule has 0 aliphatic heterocycles. The molecule has 1 aliphatic rings. The number of ketones is 1. The molecule has 3 aromatic carbocycles. The maximum atomic E-state index is 11.7. The molecular formula is C32H33NO2. The van der Waals surface area contributed by atoms with E-state index in [9.17, 15) is 10.1 Å². The zero-order valence-corrected chi connectivity index (χ0v) is 21.2. The highest BCUT2D eigenvalue weighted by Gasteiger charge is 2.17. The van der Waals surface area contributed by atoms with Crippen molar-refractivity contribution in [2.75, 3.05) is 0 Å². The highest BCUT2D eigenvalue weighted by molar-refractivity contribution is 5.95. The SMILES string of the molecule is CC(=O)c1ccc(/C(C)=C/c2cccc(-c3ccc(OC4CCCCC4)c(C#N)c3)c2C)c(C)c1. The second kappa shape index (κ2) is 10.7. The van der Waals surface area contributed by atoms with Gasteiger partial charge in [-0.1, -0.05) is 48.9 Å². The number of rotatable bonds is 6. The second-order valence-corrected chi connectivity index (χ2v) is 9.63. The van der Waals surface area contributed by atoms with Crippen LogP contribution in [0.4, 0.5) is 0 Å². The van der Waals surface area contributed by atoms with E-state index >= 15 is 0 Å². The van der Waals surface area contributed by atoms with Gasteiger partial charge in [-0.25, -0.2) is 0 Å². The predicted octanol–water partition coefficient (Wildman–Crippen LogP) is 8.32. The van der Waals surface area contributed by atoms with Gasteiger partial charge in [-0.05, 0) is 111 Å². The lowest BCUT2D eigenvalue weighted by Gasteiger charge is -2.23. The highest BCUT2D eigenvalue weighted by atomic mass is 16.5. The van der Waals surface area contributed by atoms with Gasteiger partial charge in [0.05, 0.1) is 11.7 Å². The van der Waals surface area contributed by atoms with Gasteiger partial charge >= 0.3 is 0 Å². The minimum Gasteiger partial charge on any atom is -0.489 e. The molecule has 178 valence electrons. The summed E-state index contributed by atoms with van der Waals surface area (Å²) in [7, 11) is 0. The van der Waals surface area contributed by atoms with Crippen LogP contribution in [0.15, 0.2) is 54.6 Å². The first-order valence-corrected chi connectivity index (χ1v) is 12.5. The number of nitrogens with zero attached hydrogens (tertiary/aromatic N) is 1. The van der Waals surface area contributed by atoms with E-state index in [1.54, 1.807) is 6.92 Å². The van der Waals surface area contributed by atoms with Gasteiger partial charge in [0.1, 0.15) is 11.8 Å². The van der Waals surface area contributed by atoms with E-state index < -0.39 is 0 Å². The number of hydrogen-bond acceptors (Lipinski definition) is 3. The van der Waals surface area contributed by atoms with Gasteiger partial charge in [0, 0.05) is 5.56 Å². The number of hydrogen-bond donors (Lipinski definition) is 0. The van der Waals surface area contributed by atoms with Gasteiger partial charge in [0.2, 0.25) is 0 Å². The Kier molecular flexibility index (Phi) is 7.51. The molecule has 0 saturated heterocycles. The summed E-state index contributed by atoms with van der Waals surface area (Å²) in [5.41, 5.74) is 9.12. The Morgan fingerprint density at radius 1 is 1.00 bits per heavy atom. The minimum absolute atomic E-state index is 0.0803. The molecule has 0 heterocycles. The van der Waals surface area contributed by atoms with E-state index in [-0.39, 0.29) is 11.9 Å². The van der Waals surface area contributed by atoms with Gasteiger partial charge in [-0.3, -0.25) is 4.79 Å². The summed E-state index contributed by atoms with van der Waals surface area (Å²) in [6, 6.07) is 20.5. The molecular weight excluding hydrogens is 430 g/mol. The summed E-state index contributed by atoms with van der Waals surface area (Å²) in [5.74, 6) is 0.772. The number of carbonyl (C=O) groups excluding carboxylic acids is 1. The normalized spacial score (nSPS) is 14.4. The first-order valence-electron chi connectivity index (χ1n) is 12.5. The maximum Gasteiger partial charge on any atom is 0.159 e. The lowest BCUT2D eigenvalue weighted by Crippen LogP contribution is -2.20. The lowest BCUT2D eigenvalue weighted by molar-refractivity contribution is 0.101. The molecule has 1 aliphatic carbocycles. The summed E-state index contributed by atoms with van der Waals surface area (Å²) in [4.78, 5) is 11.7. The Labute approximate surface area is 209 Å².